The Morgan fingerprint density at radius 2 is 2.00 bits per heavy atom. The standard InChI is InChI=1S/C17H23NO4/c1-12-5-4-6-16(17(12)20)18(9-14(19)11-21-3)10-15-8-7-13(2)22-15/h4-8,14,19-20H,9-11H2,1-3H3. The van der Waals surface area contributed by atoms with Crippen LogP contribution in [-0.2, 0) is 11.3 Å². The minimum Gasteiger partial charge on any atom is -0.505 e. The Balaban J connectivity index is 2.25. The maximum Gasteiger partial charge on any atom is 0.141 e. The molecule has 0 saturated heterocycles. The molecule has 1 heterocycles. The highest BCUT2D eigenvalue weighted by molar-refractivity contribution is 5.61. The number of furan rings is 1. The molecule has 22 heavy (non-hydrogen) atoms. The van der Waals surface area contributed by atoms with Crippen molar-refractivity contribution < 1.29 is 19.4 Å². The zero-order valence-electron chi connectivity index (χ0n) is 13.2. The number of aliphatic hydroxyl groups excluding tert-OH is 1. The lowest BCUT2D eigenvalue weighted by Gasteiger charge is -2.27. The predicted octanol–water partition coefficient (Wildman–Crippen LogP) is 2.62. The molecule has 120 valence electrons. The summed E-state index contributed by atoms with van der Waals surface area (Å²) in [6, 6.07) is 9.36. The van der Waals surface area contributed by atoms with Gasteiger partial charge in [0.15, 0.2) is 0 Å². The van der Waals surface area contributed by atoms with E-state index in [0.29, 0.717) is 18.8 Å². The summed E-state index contributed by atoms with van der Waals surface area (Å²) in [5, 5.41) is 20.4. The number of hydrogen-bond donors (Lipinski definition) is 2. The van der Waals surface area contributed by atoms with Crippen LogP contribution in [0.3, 0.4) is 0 Å². The van der Waals surface area contributed by atoms with Gasteiger partial charge in [0.1, 0.15) is 17.3 Å². The highest BCUT2D eigenvalue weighted by atomic mass is 16.5. The van der Waals surface area contributed by atoms with E-state index in [4.69, 9.17) is 9.15 Å². The summed E-state index contributed by atoms with van der Waals surface area (Å²) in [6.07, 6.45) is -0.652. The molecule has 1 aromatic heterocycles. The number of aliphatic hydroxyl groups is 1. The molecule has 0 aliphatic rings. The van der Waals surface area contributed by atoms with Crippen molar-refractivity contribution in [2.45, 2.75) is 26.5 Å². The number of methoxy groups -OCH3 is 1. The molecular weight excluding hydrogens is 282 g/mol. The van der Waals surface area contributed by atoms with E-state index in [0.717, 1.165) is 17.1 Å². The molecule has 0 spiro atoms. The maximum atomic E-state index is 10.3. The lowest BCUT2D eigenvalue weighted by molar-refractivity contribution is 0.0684. The molecule has 5 nitrogen and oxygen atoms in total. The lowest BCUT2D eigenvalue weighted by atomic mass is 10.1. The Hall–Kier alpha value is -1.98. The van der Waals surface area contributed by atoms with E-state index in [-0.39, 0.29) is 12.4 Å². The van der Waals surface area contributed by atoms with Crippen LogP contribution >= 0.6 is 0 Å². The number of aryl methyl sites for hydroxylation is 2. The fourth-order valence-corrected chi connectivity index (χ4v) is 2.40. The van der Waals surface area contributed by atoms with Gasteiger partial charge in [-0.2, -0.15) is 0 Å². The molecular formula is C17H23NO4. The van der Waals surface area contributed by atoms with Crippen molar-refractivity contribution in [2.75, 3.05) is 25.2 Å². The third-order valence-corrected chi connectivity index (χ3v) is 3.49. The van der Waals surface area contributed by atoms with E-state index < -0.39 is 6.10 Å². The average Bonchev–Trinajstić information content (AvgIpc) is 2.87. The normalized spacial score (nSPS) is 12.4. The lowest BCUT2D eigenvalue weighted by Crippen LogP contribution is -2.34. The summed E-state index contributed by atoms with van der Waals surface area (Å²) >= 11 is 0. The summed E-state index contributed by atoms with van der Waals surface area (Å²) in [6.45, 7) is 4.77. The van der Waals surface area contributed by atoms with Gasteiger partial charge in [0.25, 0.3) is 0 Å². The molecule has 1 aromatic carbocycles. The van der Waals surface area contributed by atoms with E-state index in [2.05, 4.69) is 0 Å². The highest BCUT2D eigenvalue weighted by Crippen LogP contribution is 2.31. The topological polar surface area (TPSA) is 66.1 Å². The summed E-state index contributed by atoms with van der Waals surface area (Å²) in [7, 11) is 1.55. The summed E-state index contributed by atoms with van der Waals surface area (Å²) in [4.78, 5) is 1.89. The number of aromatic hydroxyl groups is 1. The number of nitrogens with zero attached hydrogens (tertiary/aromatic N) is 1. The van der Waals surface area contributed by atoms with Crippen LogP contribution in [0.5, 0.6) is 5.75 Å². The van der Waals surface area contributed by atoms with Crippen molar-refractivity contribution in [3.63, 3.8) is 0 Å². The summed E-state index contributed by atoms with van der Waals surface area (Å²) in [5.74, 6) is 1.83. The number of phenolic OH excluding ortho intramolecular Hbond substituents is 1. The Labute approximate surface area is 130 Å². The fraction of sp³-hybridized carbons (Fsp3) is 0.412. The van der Waals surface area contributed by atoms with Crippen LogP contribution in [0.4, 0.5) is 5.69 Å². The van der Waals surface area contributed by atoms with Crippen LogP contribution < -0.4 is 4.90 Å². The van der Waals surface area contributed by atoms with Gasteiger partial charge in [-0.25, -0.2) is 0 Å². The van der Waals surface area contributed by atoms with Crippen molar-refractivity contribution in [1.29, 1.82) is 0 Å². The number of rotatable bonds is 7. The second-order valence-corrected chi connectivity index (χ2v) is 5.44. The zero-order chi connectivity index (χ0) is 16.1. The smallest absolute Gasteiger partial charge is 0.141 e. The molecule has 0 fully saturated rings. The number of anilines is 1. The molecule has 1 unspecified atom stereocenters. The van der Waals surface area contributed by atoms with Crippen LogP contribution in [0.15, 0.2) is 34.7 Å². The van der Waals surface area contributed by atoms with Crippen LogP contribution in [0.2, 0.25) is 0 Å². The van der Waals surface area contributed by atoms with Crippen molar-refractivity contribution in [3.05, 3.63) is 47.4 Å². The Morgan fingerprint density at radius 3 is 2.64 bits per heavy atom. The SMILES string of the molecule is COCC(O)CN(Cc1ccc(C)o1)c1cccc(C)c1O. The van der Waals surface area contributed by atoms with E-state index in [1.807, 2.05) is 49.1 Å². The van der Waals surface area contributed by atoms with Gasteiger partial charge in [0.2, 0.25) is 0 Å². The molecule has 0 amide bonds. The van der Waals surface area contributed by atoms with E-state index in [1.54, 1.807) is 7.11 Å². The minimum absolute atomic E-state index is 0.218. The number of ether oxygens (including phenoxy) is 1. The van der Waals surface area contributed by atoms with Crippen molar-refractivity contribution >= 4 is 5.69 Å². The van der Waals surface area contributed by atoms with E-state index in [1.165, 1.54) is 0 Å². The highest BCUT2D eigenvalue weighted by Gasteiger charge is 2.18. The zero-order valence-corrected chi connectivity index (χ0v) is 13.2. The molecule has 0 aliphatic heterocycles. The van der Waals surface area contributed by atoms with Gasteiger partial charge in [-0.05, 0) is 37.6 Å². The van der Waals surface area contributed by atoms with E-state index in [9.17, 15) is 10.2 Å². The van der Waals surface area contributed by atoms with Crippen LogP contribution in [0.1, 0.15) is 17.1 Å². The van der Waals surface area contributed by atoms with Gasteiger partial charge in [-0.3, -0.25) is 0 Å². The average molecular weight is 305 g/mol. The number of para-hydroxylation sites is 1. The fourth-order valence-electron chi connectivity index (χ4n) is 2.40. The molecule has 5 heteroatoms. The maximum absolute atomic E-state index is 10.3. The predicted molar refractivity (Wildman–Crippen MR) is 85.2 cm³/mol. The second-order valence-electron chi connectivity index (χ2n) is 5.44. The Kier molecular flexibility index (Phi) is 5.46. The molecule has 2 rings (SSSR count). The minimum atomic E-state index is -0.652. The molecule has 1 atom stereocenters. The van der Waals surface area contributed by atoms with Gasteiger partial charge in [-0.1, -0.05) is 12.1 Å². The van der Waals surface area contributed by atoms with Crippen LogP contribution in [0.25, 0.3) is 0 Å². The number of phenols is 1. The Morgan fingerprint density at radius 1 is 1.23 bits per heavy atom. The van der Waals surface area contributed by atoms with E-state index >= 15 is 0 Å². The van der Waals surface area contributed by atoms with Gasteiger partial charge in [0, 0.05) is 13.7 Å². The summed E-state index contributed by atoms with van der Waals surface area (Å²) in [5.41, 5.74) is 1.46. The third kappa shape index (κ3) is 4.02. The van der Waals surface area contributed by atoms with Gasteiger partial charge in [0.05, 0.1) is 24.9 Å². The monoisotopic (exact) mass is 305 g/mol. The molecule has 0 radical (unpaired) electrons. The third-order valence-electron chi connectivity index (χ3n) is 3.49. The van der Waals surface area contributed by atoms with Gasteiger partial charge in [-0.15, -0.1) is 0 Å². The first-order valence-electron chi connectivity index (χ1n) is 7.27. The number of hydrogen-bond acceptors (Lipinski definition) is 5. The van der Waals surface area contributed by atoms with Gasteiger partial charge >= 0.3 is 0 Å². The van der Waals surface area contributed by atoms with Gasteiger partial charge < -0.3 is 24.3 Å². The van der Waals surface area contributed by atoms with Crippen molar-refractivity contribution in [3.8, 4) is 5.75 Å². The molecule has 0 aliphatic carbocycles. The Bertz CT molecular complexity index is 608. The molecule has 2 aromatic rings. The first-order chi connectivity index (χ1) is 10.5. The quantitative estimate of drug-likeness (QED) is 0.823. The first-order valence-corrected chi connectivity index (χ1v) is 7.27. The van der Waals surface area contributed by atoms with Crippen LogP contribution in [0, 0.1) is 13.8 Å². The van der Waals surface area contributed by atoms with Crippen molar-refractivity contribution in [1.82, 2.24) is 0 Å². The molecule has 2 N–H and O–H groups in total. The van der Waals surface area contributed by atoms with Crippen LogP contribution in [-0.4, -0.2) is 36.6 Å². The van der Waals surface area contributed by atoms with Crippen molar-refractivity contribution in [2.24, 2.45) is 0 Å². The molecule has 0 saturated carbocycles. The molecule has 0 bridgehead atoms. The largest absolute Gasteiger partial charge is 0.505 e. The summed E-state index contributed by atoms with van der Waals surface area (Å²) < 4.78 is 10.6. The number of benzene rings is 1. The second kappa shape index (κ2) is 7.33. The first kappa shape index (κ1) is 16.4.